The van der Waals surface area contributed by atoms with E-state index >= 15 is 0 Å². The van der Waals surface area contributed by atoms with Crippen LogP contribution in [0.25, 0.3) is 0 Å². The molecule has 0 unspecified atom stereocenters. The number of rotatable bonds is 0. The molecule has 0 aliphatic rings. The number of halogens is 3. The molecule has 0 saturated heterocycles. The molecule has 0 radical (unpaired) electrons. The van der Waals surface area contributed by atoms with Gasteiger partial charge in [-0.05, 0) is 9.39 Å². The van der Waals surface area contributed by atoms with Crippen molar-refractivity contribution >= 4 is 60.2 Å². The Morgan fingerprint density at radius 3 is 2.00 bits per heavy atom. The van der Waals surface area contributed by atoms with Crippen LogP contribution in [0.15, 0.2) is 0 Å². The van der Waals surface area contributed by atoms with Crippen molar-refractivity contribution in [3.63, 3.8) is 0 Å². The van der Waals surface area contributed by atoms with Crippen LogP contribution in [0.2, 0.25) is 0 Å². The zero-order valence-corrected chi connectivity index (χ0v) is 10.4. The first kappa shape index (κ1) is 9.34. The molecule has 6 heteroatoms. The summed E-state index contributed by atoms with van der Waals surface area (Å²) in [5.74, 6) is 0. The fourth-order valence-electron chi connectivity index (χ4n) is 0.0309. The predicted molar refractivity (Wildman–Crippen MR) is 56.3 cm³/mol. The first-order chi connectivity index (χ1) is 3.12. The standard InChI is InChI=1S/CH3FI2P2S/c1-5-7(3,4)6-2/h1H3. The Hall–Kier alpha value is 2.34. The summed E-state index contributed by atoms with van der Waals surface area (Å²) in [5, 5.41) is 0. The zero-order valence-electron chi connectivity index (χ0n) is 3.44. The van der Waals surface area contributed by atoms with Crippen molar-refractivity contribution in [3.8, 4) is 0 Å². The lowest BCUT2D eigenvalue weighted by Crippen LogP contribution is -1.46. The van der Waals surface area contributed by atoms with Gasteiger partial charge in [0.2, 0.25) is 0 Å². The van der Waals surface area contributed by atoms with Gasteiger partial charge < -0.3 is 0 Å². The molecule has 0 atom stereocenters. The summed E-state index contributed by atoms with van der Waals surface area (Å²) in [4.78, 5) is 0. The Morgan fingerprint density at radius 2 is 2.00 bits per heavy atom. The lowest BCUT2D eigenvalue weighted by molar-refractivity contribution is 0.939. The van der Waals surface area contributed by atoms with Crippen LogP contribution in [0, 0.1) is 0 Å². The summed E-state index contributed by atoms with van der Waals surface area (Å²) < 4.78 is 10.8. The van der Waals surface area contributed by atoms with Crippen molar-refractivity contribution in [1.82, 2.24) is 0 Å². The maximum Gasteiger partial charge on any atom is 0.162 e. The molecule has 0 aromatic heterocycles. The number of hydrogen-bond acceptors (Lipinski definition) is 0. The smallest absolute Gasteiger partial charge is 0.162 e. The Balaban J connectivity index is 4.51. The van der Waals surface area contributed by atoms with E-state index in [9.17, 15) is 4.20 Å². The predicted octanol–water partition coefficient (Wildman–Crippen LogP) is 4.08. The van der Waals surface area contributed by atoms with E-state index in [0.717, 1.165) is 0 Å². The molecule has 0 nitrogen and oxygen atoms in total. The molecular formula is CH3FI2P2S. The second-order valence-corrected chi connectivity index (χ2v) is 29.0. The quantitative estimate of drug-likeness (QED) is 0.438. The highest BCUT2D eigenvalue weighted by Gasteiger charge is 1.85. The molecule has 0 aromatic rings. The molecule has 0 saturated carbocycles. The van der Waals surface area contributed by atoms with Crippen LogP contribution in [-0.2, 0) is 2.73 Å². The maximum atomic E-state index is 11.8. The van der Waals surface area contributed by atoms with Gasteiger partial charge in [-0.1, -0.05) is 7.36 Å². The van der Waals surface area contributed by atoms with Crippen LogP contribution < -0.4 is 0 Å². The van der Waals surface area contributed by atoms with Crippen LogP contribution in [0.5, 0.6) is 0 Å². The van der Waals surface area contributed by atoms with Crippen LogP contribution in [0.4, 0.5) is 4.20 Å². The fraction of sp³-hybridized carbons (Fsp3) is 1.00. The Kier molecular flexibility index (Phi) is 5.61. The average molecular weight is 382 g/mol. The molecule has 0 bridgehead atoms. The number of hydrogen-bond donors (Lipinski definition) is 0. The molecule has 0 spiro atoms. The lowest BCUT2D eigenvalue weighted by atomic mass is 12.0. The van der Waals surface area contributed by atoms with Gasteiger partial charge in [0.05, 0.1) is 0 Å². The van der Waals surface area contributed by atoms with Gasteiger partial charge in [-0.3, -0.25) is 0 Å². The van der Waals surface area contributed by atoms with Gasteiger partial charge in [-0.15, -0.1) is 0 Å². The van der Waals surface area contributed by atoms with Gasteiger partial charge in [-0.2, -0.15) is 4.20 Å². The van der Waals surface area contributed by atoms with Crippen molar-refractivity contribution in [3.05, 3.63) is 0 Å². The monoisotopic (exact) mass is 382 g/mol. The Bertz CT molecular complexity index is 135. The third-order valence-corrected chi connectivity index (χ3v) is 14.5. The molecular weight excluding hydrogens is 379 g/mol. The second-order valence-electron chi connectivity index (χ2n) is 0.668. The SMILES string of the molecule is CP=S(I)(I)=PF. The van der Waals surface area contributed by atoms with Crippen LogP contribution in [-0.4, -0.2) is 6.66 Å². The largest absolute Gasteiger partial charge is 0.176 e. The maximum absolute atomic E-state index is 11.8. The van der Waals surface area contributed by atoms with Gasteiger partial charge in [0.15, 0.2) is 7.67 Å². The Morgan fingerprint density at radius 1 is 1.57 bits per heavy atom. The van der Waals surface area contributed by atoms with E-state index < -0.39 is 2.73 Å². The Labute approximate surface area is 70.1 Å². The minimum atomic E-state index is -0.940. The first-order valence-electron chi connectivity index (χ1n) is 1.29. The fourth-order valence-corrected chi connectivity index (χ4v) is 0.833. The first-order valence-corrected chi connectivity index (χ1v) is 11.3. The molecule has 44 valence electrons. The highest BCUT2D eigenvalue weighted by molar-refractivity contribution is 14.3. The summed E-state index contributed by atoms with van der Waals surface area (Å²) >= 11 is 4.35. The van der Waals surface area contributed by atoms with Crippen molar-refractivity contribution in [1.29, 1.82) is 0 Å². The van der Waals surface area contributed by atoms with E-state index in [1.165, 1.54) is 7.36 Å². The van der Waals surface area contributed by atoms with E-state index in [1.54, 1.807) is 0 Å². The van der Waals surface area contributed by atoms with Gasteiger partial charge in [0.25, 0.3) is 0 Å². The molecule has 0 N–H and O–H groups in total. The van der Waals surface area contributed by atoms with Crippen molar-refractivity contribution in [2.24, 2.45) is 0 Å². The van der Waals surface area contributed by atoms with E-state index in [-0.39, 0.29) is 7.67 Å². The van der Waals surface area contributed by atoms with Crippen molar-refractivity contribution in [2.75, 3.05) is 6.66 Å². The third-order valence-electron chi connectivity index (χ3n) is 0.303. The summed E-state index contributed by atoms with van der Waals surface area (Å²) in [6.45, 7) is 1.99. The van der Waals surface area contributed by atoms with Gasteiger partial charge in [-0.25, -0.2) is 0 Å². The molecule has 0 aromatic carbocycles. The topological polar surface area (TPSA) is 0 Å². The summed E-state index contributed by atoms with van der Waals surface area (Å²) in [7, 11) is 1.23. The van der Waals surface area contributed by atoms with Gasteiger partial charge in [0.1, 0.15) is 0 Å². The van der Waals surface area contributed by atoms with E-state index in [4.69, 9.17) is 0 Å². The van der Waals surface area contributed by atoms with Gasteiger partial charge in [0, 0.05) is 42.4 Å². The van der Waals surface area contributed by atoms with Gasteiger partial charge >= 0.3 is 0 Å². The molecule has 0 fully saturated rings. The highest BCUT2D eigenvalue weighted by Crippen LogP contribution is 2.35. The minimum Gasteiger partial charge on any atom is -0.176 e. The van der Waals surface area contributed by atoms with Crippen molar-refractivity contribution < 1.29 is 4.20 Å². The van der Waals surface area contributed by atoms with E-state index in [0.29, 0.717) is 0 Å². The molecule has 0 aliphatic carbocycles. The van der Waals surface area contributed by atoms with Crippen LogP contribution >= 0.6 is 57.4 Å². The average Bonchev–Trinajstić information content (AvgIpc) is 1.68. The second kappa shape index (κ2) is 4.20. The van der Waals surface area contributed by atoms with E-state index in [2.05, 4.69) is 42.4 Å². The molecule has 0 heterocycles. The summed E-state index contributed by atoms with van der Waals surface area (Å²) in [5.41, 5.74) is 0. The third kappa shape index (κ3) is 4.82. The summed E-state index contributed by atoms with van der Waals surface area (Å²) in [6.07, 6.45) is 0. The molecule has 0 amide bonds. The highest BCUT2D eigenvalue weighted by atomic mass is 127. The molecule has 7 heavy (non-hydrogen) atoms. The molecule has 0 aliphatic heterocycles. The van der Waals surface area contributed by atoms with Crippen LogP contribution in [0.3, 0.4) is 0 Å². The summed E-state index contributed by atoms with van der Waals surface area (Å²) in [6, 6.07) is 0. The minimum absolute atomic E-state index is 0.0501. The molecule has 0 rings (SSSR count). The lowest BCUT2D eigenvalue weighted by Gasteiger charge is -1.85. The van der Waals surface area contributed by atoms with E-state index in [1.807, 2.05) is 6.66 Å². The van der Waals surface area contributed by atoms with Crippen molar-refractivity contribution in [2.45, 2.75) is 0 Å². The van der Waals surface area contributed by atoms with Crippen LogP contribution in [0.1, 0.15) is 0 Å². The normalized spacial score (nSPS) is 13.1. The zero-order chi connectivity index (χ0) is 5.91.